The largest absolute Gasteiger partial charge is 0.481 e. The second-order valence-electron chi connectivity index (χ2n) is 3.68. The van der Waals surface area contributed by atoms with E-state index in [0.717, 1.165) is 6.42 Å². The summed E-state index contributed by atoms with van der Waals surface area (Å²) >= 11 is 0. The third-order valence-electron chi connectivity index (χ3n) is 1.89. The van der Waals surface area contributed by atoms with Gasteiger partial charge in [-0.05, 0) is 12.3 Å². The van der Waals surface area contributed by atoms with Crippen molar-refractivity contribution in [3.05, 3.63) is 0 Å². The Morgan fingerprint density at radius 1 is 1.31 bits per heavy atom. The molecule has 0 radical (unpaired) electrons. The van der Waals surface area contributed by atoms with Crippen LogP contribution in [0.3, 0.4) is 0 Å². The highest BCUT2D eigenvalue weighted by atomic mass is 16.4. The van der Waals surface area contributed by atoms with Crippen LogP contribution < -0.4 is 5.73 Å². The van der Waals surface area contributed by atoms with Crippen molar-refractivity contribution in [3.8, 4) is 0 Å². The molecule has 0 aromatic heterocycles. The first-order chi connectivity index (χ1) is 5.93. The predicted octanol–water partition coefficient (Wildman–Crippen LogP) is 0.999. The number of hydrogen-bond acceptors (Lipinski definition) is 2. The highest BCUT2D eigenvalue weighted by molar-refractivity contribution is 5.80. The number of hydrogen-bond donors (Lipinski definition) is 2. The number of carbonyl (C=O) groups is 2. The maximum Gasteiger partial charge on any atom is 0.307 e. The van der Waals surface area contributed by atoms with Crippen molar-refractivity contribution in [2.75, 3.05) is 0 Å². The van der Waals surface area contributed by atoms with E-state index in [9.17, 15) is 9.59 Å². The molecule has 0 rings (SSSR count). The summed E-state index contributed by atoms with van der Waals surface area (Å²) in [5.74, 6) is -1.63. The van der Waals surface area contributed by atoms with Crippen LogP contribution in [0, 0.1) is 11.8 Å². The Hall–Kier alpha value is -1.06. The van der Waals surface area contributed by atoms with E-state index in [0.29, 0.717) is 12.3 Å². The highest BCUT2D eigenvalue weighted by Crippen LogP contribution is 2.15. The Balaban J connectivity index is 3.95. The average Bonchev–Trinajstić information content (AvgIpc) is 1.96. The molecule has 0 aromatic rings. The Morgan fingerprint density at radius 2 is 1.85 bits per heavy atom. The monoisotopic (exact) mass is 187 g/mol. The van der Waals surface area contributed by atoms with Crippen molar-refractivity contribution in [2.45, 2.75) is 33.1 Å². The standard InChI is InChI=1S/C9H17NO3/c1-6(2)3-4-7(9(12)13)5-8(10)11/h6-7H,3-5H2,1-2H3,(H2,10,11)(H,12,13). The predicted molar refractivity (Wildman–Crippen MR) is 49.0 cm³/mol. The summed E-state index contributed by atoms with van der Waals surface area (Å²) in [6, 6.07) is 0. The summed E-state index contributed by atoms with van der Waals surface area (Å²) in [6.07, 6.45) is 1.28. The van der Waals surface area contributed by atoms with Gasteiger partial charge in [0.1, 0.15) is 0 Å². The molecule has 0 aliphatic heterocycles. The molecule has 1 unspecified atom stereocenters. The first kappa shape index (κ1) is 11.9. The molecule has 0 saturated heterocycles. The first-order valence-corrected chi connectivity index (χ1v) is 4.44. The summed E-state index contributed by atoms with van der Waals surface area (Å²) in [5.41, 5.74) is 4.94. The minimum Gasteiger partial charge on any atom is -0.481 e. The Labute approximate surface area is 78.1 Å². The van der Waals surface area contributed by atoms with Gasteiger partial charge in [0, 0.05) is 6.42 Å². The van der Waals surface area contributed by atoms with Crippen molar-refractivity contribution in [3.63, 3.8) is 0 Å². The van der Waals surface area contributed by atoms with Gasteiger partial charge in [-0.1, -0.05) is 20.3 Å². The third kappa shape index (κ3) is 6.13. The first-order valence-electron chi connectivity index (χ1n) is 4.44. The fraction of sp³-hybridized carbons (Fsp3) is 0.778. The van der Waals surface area contributed by atoms with E-state index in [1.54, 1.807) is 0 Å². The van der Waals surface area contributed by atoms with Crippen LogP contribution in [0.5, 0.6) is 0 Å². The summed E-state index contributed by atoms with van der Waals surface area (Å²) in [5, 5.41) is 8.73. The number of aliphatic carboxylic acids is 1. The molecule has 1 amide bonds. The van der Waals surface area contributed by atoms with Crippen LogP contribution in [0.1, 0.15) is 33.1 Å². The van der Waals surface area contributed by atoms with Gasteiger partial charge in [0.15, 0.2) is 0 Å². The fourth-order valence-electron chi connectivity index (χ4n) is 1.09. The lowest BCUT2D eigenvalue weighted by Crippen LogP contribution is -2.22. The average molecular weight is 187 g/mol. The Morgan fingerprint density at radius 3 is 2.15 bits per heavy atom. The molecule has 76 valence electrons. The molecular formula is C9H17NO3. The molecule has 0 aliphatic rings. The normalized spacial score (nSPS) is 12.8. The third-order valence-corrected chi connectivity index (χ3v) is 1.89. The van der Waals surface area contributed by atoms with E-state index < -0.39 is 17.8 Å². The van der Waals surface area contributed by atoms with Gasteiger partial charge >= 0.3 is 5.97 Å². The van der Waals surface area contributed by atoms with Gasteiger partial charge in [-0.2, -0.15) is 0 Å². The van der Waals surface area contributed by atoms with Gasteiger partial charge in [-0.15, -0.1) is 0 Å². The Kier molecular flexibility index (Phi) is 5.11. The Bertz CT molecular complexity index is 189. The lowest BCUT2D eigenvalue weighted by atomic mass is 9.95. The minimum absolute atomic E-state index is 0.0535. The zero-order valence-electron chi connectivity index (χ0n) is 8.12. The number of amides is 1. The van der Waals surface area contributed by atoms with Crippen LogP contribution in [-0.2, 0) is 9.59 Å². The van der Waals surface area contributed by atoms with E-state index in [-0.39, 0.29) is 6.42 Å². The van der Waals surface area contributed by atoms with Crippen LogP contribution in [-0.4, -0.2) is 17.0 Å². The number of rotatable bonds is 6. The molecular weight excluding hydrogens is 170 g/mol. The zero-order chi connectivity index (χ0) is 10.4. The van der Waals surface area contributed by atoms with Crippen molar-refractivity contribution >= 4 is 11.9 Å². The number of carboxylic acids is 1. The molecule has 1 atom stereocenters. The summed E-state index contributed by atoms with van der Waals surface area (Å²) in [7, 11) is 0. The van der Waals surface area contributed by atoms with E-state index in [1.807, 2.05) is 13.8 Å². The van der Waals surface area contributed by atoms with Gasteiger partial charge in [-0.3, -0.25) is 9.59 Å². The minimum atomic E-state index is -0.931. The molecule has 3 N–H and O–H groups in total. The molecule has 0 aromatic carbocycles. The lowest BCUT2D eigenvalue weighted by Gasteiger charge is -2.11. The maximum atomic E-state index is 10.6. The quantitative estimate of drug-likeness (QED) is 0.650. The highest BCUT2D eigenvalue weighted by Gasteiger charge is 2.19. The molecule has 0 saturated carbocycles. The van der Waals surface area contributed by atoms with Gasteiger partial charge < -0.3 is 10.8 Å². The van der Waals surface area contributed by atoms with Crippen molar-refractivity contribution in [2.24, 2.45) is 17.6 Å². The second-order valence-corrected chi connectivity index (χ2v) is 3.68. The maximum absolute atomic E-state index is 10.6. The fourth-order valence-corrected chi connectivity index (χ4v) is 1.09. The molecule has 4 heteroatoms. The van der Waals surface area contributed by atoms with E-state index >= 15 is 0 Å². The molecule has 0 fully saturated rings. The van der Waals surface area contributed by atoms with E-state index in [4.69, 9.17) is 10.8 Å². The molecule has 0 spiro atoms. The van der Waals surface area contributed by atoms with Crippen molar-refractivity contribution in [1.82, 2.24) is 0 Å². The topological polar surface area (TPSA) is 80.4 Å². The van der Waals surface area contributed by atoms with Crippen LogP contribution >= 0.6 is 0 Å². The van der Waals surface area contributed by atoms with Crippen LogP contribution in [0.4, 0.5) is 0 Å². The number of nitrogens with two attached hydrogens (primary N) is 1. The van der Waals surface area contributed by atoms with Gasteiger partial charge in [0.25, 0.3) is 0 Å². The van der Waals surface area contributed by atoms with Crippen LogP contribution in [0.15, 0.2) is 0 Å². The summed E-state index contributed by atoms with van der Waals surface area (Å²) in [6.45, 7) is 4.03. The molecule has 0 aliphatic carbocycles. The van der Waals surface area contributed by atoms with Gasteiger partial charge in [-0.25, -0.2) is 0 Å². The molecule has 0 heterocycles. The lowest BCUT2D eigenvalue weighted by molar-refractivity contribution is -0.144. The number of carboxylic acid groups (broad SMARTS) is 1. The van der Waals surface area contributed by atoms with Crippen LogP contribution in [0.25, 0.3) is 0 Å². The van der Waals surface area contributed by atoms with E-state index in [1.165, 1.54) is 0 Å². The van der Waals surface area contributed by atoms with E-state index in [2.05, 4.69) is 0 Å². The molecule has 4 nitrogen and oxygen atoms in total. The van der Waals surface area contributed by atoms with Crippen molar-refractivity contribution in [1.29, 1.82) is 0 Å². The summed E-state index contributed by atoms with van der Waals surface area (Å²) in [4.78, 5) is 21.2. The molecule has 13 heavy (non-hydrogen) atoms. The van der Waals surface area contributed by atoms with Crippen molar-refractivity contribution < 1.29 is 14.7 Å². The summed E-state index contributed by atoms with van der Waals surface area (Å²) < 4.78 is 0. The number of carbonyl (C=O) groups excluding carboxylic acids is 1. The van der Waals surface area contributed by atoms with Gasteiger partial charge in [0.2, 0.25) is 5.91 Å². The zero-order valence-corrected chi connectivity index (χ0v) is 8.12. The SMILES string of the molecule is CC(C)CCC(CC(N)=O)C(=O)O. The van der Waals surface area contributed by atoms with Gasteiger partial charge in [0.05, 0.1) is 5.92 Å². The smallest absolute Gasteiger partial charge is 0.307 e. The van der Waals surface area contributed by atoms with Crippen LogP contribution in [0.2, 0.25) is 0 Å². The second kappa shape index (κ2) is 5.56. The number of primary amides is 1. The molecule has 0 bridgehead atoms.